The first-order valence-electron chi connectivity index (χ1n) is 7.63. The molecule has 0 aliphatic rings. The smallest absolute Gasteiger partial charge is 0.263 e. The zero-order valence-electron chi connectivity index (χ0n) is 14.0. The van der Waals surface area contributed by atoms with Crippen molar-refractivity contribution in [1.82, 2.24) is 9.78 Å². The Morgan fingerprint density at radius 3 is 2.41 bits per heavy atom. The molecular weight excluding hydrogens is 411 g/mol. The zero-order valence-corrected chi connectivity index (χ0v) is 16.3. The minimum Gasteiger partial charge on any atom is -0.305 e. The Morgan fingerprint density at radius 2 is 1.78 bits per heavy atom. The summed E-state index contributed by atoms with van der Waals surface area (Å²) in [4.78, 5) is 12.1. The van der Waals surface area contributed by atoms with E-state index in [0.29, 0.717) is 11.4 Å². The summed E-state index contributed by atoms with van der Waals surface area (Å²) in [5.74, 6) is 0.0591. The summed E-state index contributed by atoms with van der Waals surface area (Å²) in [7, 11) is -2.19. The summed E-state index contributed by atoms with van der Waals surface area (Å²) in [6.07, 6.45) is 1.70. The lowest BCUT2D eigenvalue weighted by Crippen LogP contribution is -2.15. The second-order valence-corrected chi connectivity index (χ2v) is 8.08. The van der Waals surface area contributed by atoms with Gasteiger partial charge in [0.1, 0.15) is 4.90 Å². The van der Waals surface area contributed by atoms with Gasteiger partial charge < -0.3 is 5.32 Å². The molecule has 3 aromatic rings. The Labute approximate surface area is 166 Å². The number of amides is 1. The minimum atomic E-state index is -3.93. The quantitative estimate of drug-likeness (QED) is 0.651. The first-order valence-corrected chi connectivity index (χ1v) is 9.87. The summed E-state index contributed by atoms with van der Waals surface area (Å²) in [6.45, 7) is 0. The summed E-state index contributed by atoms with van der Waals surface area (Å²) < 4.78 is 29.0. The number of hydrogen-bond donors (Lipinski definition) is 2. The molecule has 7 nitrogen and oxygen atoms in total. The fourth-order valence-electron chi connectivity index (χ4n) is 2.25. The van der Waals surface area contributed by atoms with Crippen LogP contribution in [0.1, 0.15) is 10.4 Å². The van der Waals surface area contributed by atoms with Gasteiger partial charge in [0.15, 0.2) is 5.82 Å². The van der Waals surface area contributed by atoms with Gasteiger partial charge >= 0.3 is 0 Å². The third-order valence-corrected chi connectivity index (χ3v) is 5.64. The molecule has 0 aliphatic carbocycles. The maximum atomic E-state index is 12.5. The Hall–Kier alpha value is -2.55. The molecule has 27 heavy (non-hydrogen) atoms. The highest BCUT2D eigenvalue weighted by molar-refractivity contribution is 7.92. The number of anilines is 2. The molecule has 3 rings (SSSR count). The first-order chi connectivity index (χ1) is 12.7. The van der Waals surface area contributed by atoms with E-state index in [1.165, 1.54) is 42.5 Å². The van der Waals surface area contributed by atoms with Crippen LogP contribution in [0.5, 0.6) is 0 Å². The van der Waals surface area contributed by atoms with E-state index in [-0.39, 0.29) is 26.5 Å². The highest BCUT2D eigenvalue weighted by Crippen LogP contribution is 2.27. The van der Waals surface area contributed by atoms with Crippen molar-refractivity contribution in [3.05, 3.63) is 70.3 Å². The van der Waals surface area contributed by atoms with Crippen LogP contribution in [0.3, 0.4) is 0 Å². The van der Waals surface area contributed by atoms with Crippen LogP contribution < -0.4 is 10.0 Å². The van der Waals surface area contributed by atoms with Crippen molar-refractivity contribution in [2.24, 2.45) is 7.05 Å². The van der Waals surface area contributed by atoms with Crippen molar-refractivity contribution >= 4 is 50.6 Å². The molecule has 0 saturated heterocycles. The lowest BCUT2D eigenvalue weighted by atomic mass is 10.2. The molecule has 0 bridgehead atoms. The standard InChI is InChI=1S/C17H14Cl2N4O3S/c1-23-9-8-16(21-23)20-17(24)11-2-5-13(6-3-11)22-27(25,26)15-10-12(18)4-7-14(15)19/h2-10,22H,1H3,(H,20,21,24). The number of carbonyl (C=O) groups excluding carboxylic acids is 1. The van der Waals surface area contributed by atoms with Crippen molar-refractivity contribution in [3.63, 3.8) is 0 Å². The van der Waals surface area contributed by atoms with E-state index in [1.807, 2.05) is 0 Å². The number of aryl methyl sites for hydroxylation is 1. The SMILES string of the molecule is Cn1ccc(NC(=O)c2ccc(NS(=O)(=O)c3cc(Cl)ccc3Cl)cc2)n1. The van der Waals surface area contributed by atoms with Gasteiger partial charge in [0, 0.05) is 35.6 Å². The predicted octanol–water partition coefficient (Wildman–Crippen LogP) is 3.78. The van der Waals surface area contributed by atoms with Crippen LogP contribution in [0.2, 0.25) is 10.0 Å². The number of rotatable bonds is 5. The summed E-state index contributed by atoms with van der Waals surface area (Å²) in [5.41, 5.74) is 0.629. The molecule has 2 N–H and O–H groups in total. The van der Waals surface area contributed by atoms with Crippen LogP contribution in [0.25, 0.3) is 0 Å². The highest BCUT2D eigenvalue weighted by Gasteiger charge is 2.19. The van der Waals surface area contributed by atoms with Gasteiger partial charge in [-0.15, -0.1) is 0 Å². The molecular formula is C17H14Cl2N4O3S. The molecule has 10 heteroatoms. The monoisotopic (exact) mass is 424 g/mol. The predicted molar refractivity (Wildman–Crippen MR) is 105 cm³/mol. The molecule has 1 aromatic heterocycles. The van der Waals surface area contributed by atoms with Gasteiger partial charge in [0.2, 0.25) is 0 Å². The van der Waals surface area contributed by atoms with Gasteiger partial charge in [0.05, 0.1) is 5.02 Å². The average molecular weight is 425 g/mol. The third-order valence-electron chi connectivity index (χ3n) is 3.54. The van der Waals surface area contributed by atoms with Crippen molar-refractivity contribution in [1.29, 1.82) is 0 Å². The van der Waals surface area contributed by atoms with Crippen LogP contribution in [-0.4, -0.2) is 24.1 Å². The van der Waals surface area contributed by atoms with Gasteiger partial charge in [0.25, 0.3) is 15.9 Å². The number of sulfonamides is 1. The molecule has 1 heterocycles. The minimum absolute atomic E-state index is 0.0539. The topological polar surface area (TPSA) is 93.1 Å². The maximum Gasteiger partial charge on any atom is 0.263 e. The molecule has 0 saturated carbocycles. The molecule has 0 aliphatic heterocycles. The Kier molecular flexibility index (Phi) is 5.41. The van der Waals surface area contributed by atoms with Gasteiger partial charge in [-0.25, -0.2) is 8.42 Å². The van der Waals surface area contributed by atoms with E-state index in [2.05, 4.69) is 15.1 Å². The molecule has 2 aromatic carbocycles. The number of nitrogens with zero attached hydrogens (tertiary/aromatic N) is 2. The van der Waals surface area contributed by atoms with E-state index in [0.717, 1.165) is 0 Å². The highest BCUT2D eigenvalue weighted by atomic mass is 35.5. The van der Waals surface area contributed by atoms with E-state index in [1.54, 1.807) is 24.0 Å². The fourth-order valence-corrected chi connectivity index (χ4v) is 4.08. The van der Waals surface area contributed by atoms with Crippen LogP contribution in [0.15, 0.2) is 59.6 Å². The average Bonchev–Trinajstić information content (AvgIpc) is 3.02. The molecule has 0 unspecified atom stereocenters. The Bertz CT molecular complexity index is 1100. The largest absolute Gasteiger partial charge is 0.305 e. The molecule has 0 atom stereocenters. The van der Waals surface area contributed by atoms with Crippen molar-refractivity contribution < 1.29 is 13.2 Å². The number of benzene rings is 2. The number of aromatic nitrogens is 2. The number of hydrogen-bond acceptors (Lipinski definition) is 4. The molecule has 0 radical (unpaired) electrons. The van der Waals surface area contributed by atoms with E-state index >= 15 is 0 Å². The van der Waals surface area contributed by atoms with Crippen LogP contribution in [-0.2, 0) is 17.1 Å². The van der Waals surface area contributed by atoms with Gasteiger partial charge in [-0.3, -0.25) is 14.2 Å². The van der Waals surface area contributed by atoms with Crippen LogP contribution in [0.4, 0.5) is 11.5 Å². The second kappa shape index (κ2) is 7.59. The summed E-state index contributed by atoms with van der Waals surface area (Å²) in [6, 6.07) is 11.8. The fraction of sp³-hybridized carbons (Fsp3) is 0.0588. The maximum absolute atomic E-state index is 12.5. The number of nitrogens with one attached hydrogen (secondary N) is 2. The van der Waals surface area contributed by atoms with Crippen molar-refractivity contribution in [3.8, 4) is 0 Å². The first kappa shape index (κ1) is 19.2. The normalized spacial score (nSPS) is 11.2. The summed E-state index contributed by atoms with van der Waals surface area (Å²) in [5, 5.41) is 7.01. The Morgan fingerprint density at radius 1 is 1.07 bits per heavy atom. The molecule has 0 fully saturated rings. The van der Waals surface area contributed by atoms with Gasteiger partial charge in [-0.2, -0.15) is 5.10 Å². The number of halogens is 2. The molecule has 0 spiro atoms. The summed E-state index contributed by atoms with van der Waals surface area (Å²) >= 11 is 11.8. The van der Waals surface area contributed by atoms with Crippen LogP contribution in [0, 0.1) is 0 Å². The second-order valence-electron chi connectivity index (χ2n) is 5.59. The van der Waals surface area contributed by atoms with Crippen LogP contribution >= 0.6 is 23.2 Å². The van der Waals surface area contributed by atoms with Crippen molar-refractivity contribution in [2.45, 2.75) is 4.90 Å². The van der Waals surface area contributed by atoms with E-state index in [4.69, 9.17) is 23.2 Å². The Balaban J connectivity index is 1.75. The van der Waals surface area contributed by atoms with Crippen molar-refractivity contribution in [2.75, 3.05) is 10.0 Å². The number of carbonyl (C=O) groups is 1. The molecule has 1 amide bonds. The molecule has 140 valence electrons. The van der Waals surface area contributed by atoms with E-state index in [9.17, 15) is 13.2 Å². The zero-order chi connectivity index (χ0) is 19.6. The van der Waals surface area contributed by atoms with Gasteiger partial charge in [-0.05, 0) is 42.5 Å². The van der Waals surface area contributed by atoms with Gasteiger partial charge in [-0.1, -0.05) is 23.2 Å². The lowest BCUT2D eigenvalue weighted by molar-refractivity contribution is 0.102. The lowest BCUT2D eigenvalue weighted by Gasteiger charge is -2.10. The van der Waals surface area contributed by atoms with E-state index < -0.39 is 10.0 Å². The third kappa shape index (κ3) is 4.60.